The molecule has 0 aromatic heterocycles. The maximum Gasteiger partial charge on any atom is 2.00 e. The minimum atomic E-state index is -2.31. The molecule has 0 aliphatic heterocycles. The Morgan fingerprint density at radius 2 is 1.67 bits per heavy atom. The normalized spacial score (nSPS) is 18.5. The summed E-state index contributed by atoms with van der Waals surface area (Å²) in [6, 6.07) is 0. The molecule has 0 atom stereocenters. The van der Waals surface area contributed by atoms with Crippen LogP contribution in [0.25, 0.3) is 0 Å². The summed E-state index contributed by atoms with van der Waals surface area (Å²) in [7, 11) is -2.31. The second kappa shape index (κ2) is 6.89. The Hall–Kier alpha value is 0.424. The standard InChI is InChI=1S/C6H11BO4.Cu/c8-7(9)11-10-6-4-2-1-3-5-6;/h6H,1-5H2;/q-2;+2. The molecule has 6 heteroatoms. The molecule has 0 bridgehead atoms. The Labute approximate surface area is 82.8 Å². The molecule has 0 amide bonds. The van der Waals surface area contributed by atoms with E-state index in [4.69, 9.17) is 0 Å². The van der Waals surface area contributed by atoms with Crippen molar-refractivity contribution in [3.63, 3.8) is 0 Å². The van der Waals surface area contributed by atoms with Crippen molar-refractivity contribution in [3.05, 3.63) is 0 Å². The first-order valence-corrected chi connectivity index (χ1v) is 3.93. The average molecular weight is 222 g/mol. The molecule has 73 valence electrons. The summed E-state index contributed by atoms with van der Waals surface area (Å²) < 4.78 is 0. The zero-order valence-corrected chi connectivity index (χ0v) is 7.57. The Balaban J connectivity index is 0.00000121. The minimum Gasteiger partial charge on any atom is -0.868 e. The van der Waals surface area contributed by atoms with Crippen molar-refractivity contribution < 1.29 is 36.8 Å². The smallest absolute Gasteiger partial charge is 0.868 e. The summed E-state index contributed by atoms with van der Waals surface area (Å²) >= 11 is 0. The molecular formula is C6H11BCuO4. The van der Waals surface area contributed by atoms with E-state index in [-0.39, 0.29) is 23.2 Å². The number of rotatable bonds is 3. The average Bonchev–Trinajstić information content (AvgIpc) is 2.03. The maximum absolute atomic E-state index is 9.87. The van der Waals surface area contributed by atoms with E-state index in [0.717, 1.165) is 25.7 Å². The summed E-state index contributed by atoms with van der Waals surface area (Å²) in [5.74, 6) is 0. The molecule has 0 aromatic carbocycles. The molecule has 0 saturated heterocycles. The Bertz CT molecular complexity index is 108. The van der Waals surface area contributed by atoms with Gasteiger partial charge in [0.1, 0.15) is 7.32 Å². The van der Waals surface area contributed by atoms with Crippen molar-refractivity contribution in [1.29, 1.82) is 0 Å². The van der Waals surface area contributed by atoms with Crippen molar-refractivity contribution >= 4 is 7.32 Å². The van der Waals surface area contributed by atoms with Crippen molar-refractivity contribution in [1.82, 2.24) is 0 Å². The molecule has 0 heterocycles. The monoisotopic (exact) mass is 221 g/mol. The largest absolute Gasteiger partial charge is 2.00 e. The predicted molar refractivity (Wildman–Crippen MR) is 34.8 cm³/mol. The van der Waals surface area contributed by atoms with E-state index in [1.54, 1.807) is 0 Å². The Morgan fingerprint density at radius 3 is 2.17 bits per heavy atom. The topological polar surface area (TPSA) is 64.6 Å². The fourth-order valence-electron chi connectivity index (χ4n) is 1.29. The molecule has 0 aromatic rings. The summed E-state index contributed by atoms with van der Waals surface area (Å²) in [6.07, 6.45) is 5.15. The fraction of sp³-hybridized carbons (Fsp3) is 1.00. The molecule has 1 radical (unpaired) electrons. The third-order valence-electron chi connectivity index (χ3n) is 1.82. The number of hydrogen-bond donors (Lipinski definition) is 0. The van der Waals surface area contributed by atoms with Gasteiger partial charge in [0.25, 0.3) is 0 Å². The summed E-state index contributed by atoms with van der Waals surface area (Å²) in [5.41, 5.74) is 0. The summed E-state index contributed by atoms with van der Waals surface area (Å²) in [5, 5.41) is 19.7. The molecule has 1 rings (SSSR count). The third kappa shape index (κ3) is 5.14. The Kier molecular flexibility index (Phi) is 7.13. The van der Waals surface area contributed by atoms with E-state index in [1.165, 1.54) is 6.42 Å². The molecule has 1 aliphatic carbocycles. The second-order valence-electron chi connectivity index (χ2n) is 2.74. The van der Waals surface area contributed by atoms with Gasteiger partial charge in [0.05, 0.1) is 6.10 Å². The third-order valence-corrected chi connectivity index (χ3v) is 1.82. The van der Waals surface area contributed by atoms with Crippen LogP contribution < -0.4 is 10.0 Å². The van der Waals surface area contributed by atoms with Gasteiger partial charge in [0.2, 0.25) is 0 Å². The molecule has 4 nitrogen and oxygen atoms in total. The molecule has 0 spiro atoms. The molecule has 12 heavy (non-hydrogen) atoms. The van der Waals surface area contributed by atoms with Gasteiger partial charge in [0, 0.05) is 0 Å². The van der Waals surface area contributed by atoms with Crippen molar-refractivity contribution in [2.75, 3.05) is 0 Å². The second-order valence-corrected chi connectivity index (χ2v) is 2.74. The SMILES string of the molecule is [Cu+2].[O-]B([O-])OOC1CCCCC1. The van der Waals surface area contributed by atoms with Gasteiger partial charge in [-0.2, -0.15) is 0 Å². The van der Waals surface area contributed by atoms with Crippen LogP contribution in [-0.4, -0.2) is 13.4 Å². The first-order valence-electron chi connectivity index (χ1n) is 3.93. The van der Waals surface area contributed by atoms with Crippen molar-refractivity contribution in [2.24, 2.45) is 0 Å². The first-order chi connectivity index (χ1) is 5.29. The van der Waals surface area contributed by atoms with Crippen LogP contribution in [0, 0.1) is 0 Å². The van der Waals surface area contributed by atoms with Gasteiger partial charge in [-0.3, -0.25) is 4.89 Å². The van der Waals surface area contributed by atoms with Crippen molar-refractivity contribution in [3.8, 4) is 0 Å². The molecule has 1 fully saturated rings. The summed E-state index contributed by atoms with van der Waals surface area (Å²) in [6.45, 7) is 0. The van der Waals surface area contributed by atoms with Crippen LogP contribution in [0.2, 0.25) is 0 Å². The van der Waals surface area contributed by atoms with E-state index in [0.29, 0.717) is 0 Å². The van der Waals surface area contributed by atoms with E-state index < -0.39 is 7.32 Å². The van der Waals surface area contributed by atoms with E-state index in [9.17, 15) is 10.0 Å². The van der Waals surface area contributed by atoms with Crippen LogP contribution in [0.15, 0.2) is 0 Å². The van der Waals surface area contributed by atoms with Crippen LogP contribution in [0.5, 0.6) is 0 Å². The van der Waals surface area contributed by atoms with Crippen LogP contribution in [0.1, 0.15) is 32.1 Å². The number of hydrogen-bond acceptors (Lipinski definition) is 4. The minimum absolute atomic E-state index is 0. The van der Waals surface area contributed by atoms with Gasteiger partial charge >= 0.3 is 17.1 Å². The predicted octanol–water partition coefficient (Wildman–Crippen LogP) is -1.03. The summed E-state index contributed by atoms with van der Waals surface area (Å²) in [4.78, 5) is 8.59. The van der Waals surface area contributed by atoms with E-state index in [1.807, 2.05) is 0 Å². The zero-order valence-electron chi connectivity index (χ0n) is 6.62. The van der Waals surface area contributed by atoms with Gasteiger partial charge in [0.15, 0.2) is 0 Å². The molecule has 1 saturated carbocycles. The van der Waals surface area contributed by atoms with Crippen LogP contribution >= 0.6 is 0 Å². The van der Waals surface area contributed by atoms with Gasteiger partial charge in [-0.25, -0.2) is 0 Å². The Morgan fingerprint density at radius 1 is 1.08 bits per heavy atom. The molecule has 1 aliphatic rings. The molecular weight excluding hydrogens is 210 g/mol. The zero-order chi connectivity index (χ0) is 8.10. The van der Waals surface area contributed by atoms with Gasteiger partial charge < -0.3 is 14.9 Å². The quantitative estimate of drug-likeness (QED) is 0.347. The van der Waals surface area contributed by atoms with Crippen LogP contribution in [0.3, 0.4) is 0 Å². The van der Waals surface area contributed by atoms with Gasteiger partial charge in [-0.15, -0.1) is 0 Å². The fourth-order valence-corrected chi connectivity index (χ4v) is 1.29. The van der Waals surface area contributed by atoms with Gasteiger partial charge in [-0.1, -0.05) is 19.3 Å². The van der Waals surface area contributed by atoms with E-state index >= 15 is 0 Å². The molecule has 0 N–H and O–H groups in total. The van der Waals surface area contributed by atoms with Crippen molar-refractivity contribution in [2.45, 2.75) is 38.2 Å². The van der Waals surface area contributed by atoms with Gasteiger partial charge in [-0.05, 0) is 12.8 Å². The maximum atomic E-state index is 9.87. The first kappa shape index (κ1) is 12.4. The molecule has 0 unspecified atom stereocenters. The van der Waals surface area contributed by atoms with E-state index in [2.05, 4.69) is 9.69 Å². The van der Waals surface area contributed by atoms with Crippen LogP contribution in [0.4, 0.5) is 0 Å². The van der Waals surface area contributed by atoms with Crippen LogP contribution in [-0.2, 0) is 26.8 Å².